The monoisotopic (exact) mass is 712 g/mol. The maximum atomic E-state index is 16.4. The lowest BCUT2D eigenvalue weighted by Gasteiger charge is -2.31. The van der Waals surface area contributed by atoms with Crippen LogP contribution in [-0.4, -0.2) is 79.8 Å². The molecule has 1 spiro atoms. The van der Waals surface area contributed by atoms with Crippen LogP contribution in [0.4, 0.5) is 15.5 Å². The van der Waals surface area contributed by atoms with Crippen molar-refractivity contribution < 1.29 is 28.3 Å². The number of aliphatic hydroxyl groups is 1. The van der Waals surface area contributed by atoms with Gasteiger partial charge in [-0.3, -0.25) is 14.3 Å². The Morgan fingerprint density at radius 3 is 2.57 bits per heavy atom. The number of carbonyl (C=O) groups excluding carboxylic acids is 2. The van der Waals surface area contributed by atoms with E-state index < -0.39 is 31.6 Å². The van der Waals surface area contributed by atoms with Crippen LogP contribution in [0.25, 0.3) is 0 Å². The molecule has 268 valence electrons. The second kappa shape index (κ2) is 13.9. The van der Waals surface area contributed by atoms with Crippen LogP contribution in [0.3, 0.4) is 0 Å². The molecule has 3 aromatic carbocycles. The summed E-state index contributed by atoms with van der Waals surface area (Å²) in [4.78, 5) is 30.8. The lowest BCUT2D eigenvalue weighted by molar-refractivity contribution is -0.146. The minimum Gasteiger partial charge on any atom is -0.497 e. The first-order valence-corrected chi connectivity index (χ1v) is 20.5. The summed E-state index contributed by atoms with van der Waals surface area (Å²) >= 11 is 0. The lowest BCUT2D eigenvalue weighted by atomic mass is 9.82. The minimum atomic E-state index is -3.38. The number of aryl methyl sites for hydroxylation is 1. The molecule has 7 rings (SSSR count). The fraction of sp³-hybridized carbons (Fsp3) is 0.421. The van der Waals surface area contributed by atoms with Crippen LogP contribution in [-0.2, 0) is 33.0 Å². The molecule has 0 aliphatic carbocycles. The van der Waals surface area contributed by atoms with Crippen molar-refractivity contribution >= 4 is 31.6 Å². The quantitative estimate of drug-likeness (QED) is 0.169. The van der Waals surface area contributed by atoms with Crippen molar-refractivity contribution in [3.63, 3.8) is 0 Å². The lowest BCUT2D eigenvalue weighted by Crippen LogP contribution is -2.48. The van der Waals surface area contributed by atoms with E-state index in [4.69, 9.17) is 9.47 Å². The summed E-state index contributed by atoms with van der Waals surface area (Å²) in [5.41, 5.74) is 2.82. The summed E-state index contributed by atoms with van der Waals surface area (Å²) in [6.45, 7) is 7.54. The number of benzene rings is 3. The second-order valence-electron chi connectivity index (χ2n) is 14.3. The molecule has 4 aromatic rings. The summed E-state index contributed by atoms with van der Waals surface area (Å²) in [6, 6.07) is 23.0. The van der Waals surface area contributed by atoms with Crippen molar-refractivity contribution in [1.29, 1.82) is 0 Å². The first-order chi connectivity index (χ1) is 24.5. The highest BCUT2D eigenvalue weighted by Gasteiger charge is 2.66. The second-order valence-corrected chi connectivity index (χ2v) is 18.1. The maximum Gasteiger partial charge on any atom is 0.264 e. The molecule has 2 amide bonds. The average molecular weight is 713 g/mol. The van der Waals surface area contributed by atoms with Gasteiger partial charge in [-0.25, -0.2) is 0 Å². The largest absolute Gasteiger partial charge is 0.497 e. The molecule has 2 saturated heterocycles. The molecule has 1 aromatic heterocycles. The van der Waals surface area contributed by atoms with Gasteiger partial charge in [-0.1, -0.05) is 54.6 Å². The van der Waals surface area contributed by atoms with Gasteiger partial charge >= 0.3 is 0 Å². The third-order valence-corrected chi connectivity index (χ3v) is 13.2. The van der Waals surface area contributed by atoms with Crippen LogP contribution < -0.4 is 19.9 Å². The number of hydrogen-bond acceptors (Lipinski definition) is 8. The van der Waals surface area contributed by atoms with Crippen LogP contribution in [0, 0.1) is 5.92 Å². The summed E-state index contributed by atoms with van der Waals surface area (Å²) in [5, 5.41) is 21.9. The van der Waals surface area contributed by atoms with Crippen molar-refractivity contribution in [2.24, 2.45) is 5.92 Å². The summed E-state index contributed by atoms with van der Waals surface area (Å²) in [5.74, 6) is -0.378. The molecular weight excluding hydrogens is 668 g/mol. The molecule has 2 N–H and O–H groups in total. The highest BCUT2D eigenvalue weighted by Crippen LogP contribution is 2.60. The smallest absolute Gasteiger partial charge is 0.264 e. The number of ether oxygens (including phenoxy) is 2. The van der Waals surface area contributed by atoms with Crippen molar-refractivity contribution in [2.45, 2.75) is 62.7 Å². The number of nitrogens with zero attached hydrogens (tertiary/aromatic N) is 5. The number of amides is 2. The molecule has 0 saturated carbocycles. The van der Waals surface area contributed by atoms with E-state index in [-0.39, 0.29) is 30.9 Å². The van der Waals surface area contributed by atoms with Crippen LogP contribution in [0.2, 0.25) is 18.6 Å². The number of halogens is 1. The molecule has 3 aliphatic heterocycles. The molecule has 13 heteroatoms. The Morgan fingerprint density at radius 1 is 1.12 bits per heavy atom. The number of anilines is 2. The zero-order valence-corrected chi connectivity index (χ0v) is 30.5. The SMILES string of the molecule is COc1ccc2c(c1)[C@]1(O[C@@H](CCn3cc(C(CO)c4ccccc4)nn3)[C@H]([Si](C)(C)F)[C@H]1C)C(=O)N2Cc1ccc(N2CCNCC2=O)cc1. The number of rotatable bonds is 11. The molecule has 51 heavy (non-hydrogen) atoms. The van der Waals surface area contributed by atoms with Gasteiger partial charge in [-0.2, -0.15) is 0 Å². The fourth-order valence-corrected chi connectivity index (χ4v) is 10.9. The molecule has 5 atom stereocenters. The van der Waals surface area contributed by atoms with Crippen molar-refractivity contribution in [3.8, 4) is 5.75 Å². The molecule has 0 radical (unpaired) electrons. The predicted molar refractivity (Wildman–Crippen MR) is 194 cm³/mol. The Bertz CT molecular complexity index is 1890. The highest BCUT2D eigenvalue weighted by molar-refractivity contribution is 6.72. The summed E-state index contributed by atoms with van der Waals surface area (Å²) < 4.78 is 30.7. The molecule has 3 aliphatic rings. The third-order valence-electron chi connectivity index (χ3n) is 10.8. The van der Waals surface area contributed by atoms with Crippen LogP contribution in [0.1, 0.15) is 41.6 Å². The van der Waals surface area contributed by atoms with Crippen molar-refractivity contribution in [1.82, 2.24) is 20.3 Å². The Morgan fingerprint density at radius 2 is 1.88 bits per heavy atom. The summed E-state index contributed by atoms with van der Waals surface area (Å²) in [6.07, 6.45) is 1.69. The van der Waals surface area contributed by atoms with E-state index >= 15 is 4.11 Å². The van der Waals surface area contributed by atoms with Crippen LogP contribution >= 0.6 is 0 Å². The zero-order chi connectivity index (χ0) is 35.9. The van der Waals surface area contributed by atoms with E-state index in [1.165, 1.54) is 0 Å². The predicted octanol–water partition coefficient (Wildman–Crippen LogP) is 4.76. The number of methoxy groups -OCH3 is 1. The Kier molecular flexibility index (Phi) is 9.57. The number of piperazine rings is 1. The van der Waals surface area contributed by atoms with E-state index in [2.05, 4.69) is 15.6 Å². The fourth-order valence-electron chi connectivity index (χ4n) is 8.32. The highest BCUT2D eigenvalue weighted by atomic mass is 28.4. The first kappa shape index (κ1) is 35.0. The number of fused-ring (bicyclic) bond motifs is 2. The maximum absolute atomic E-state index is 16.4. The number of nitrogens with one attached hydrogen (secondary N) is 1. The van der Waals surface area contributed by atoms with Gasteiger partial charge in [0.1, 0.15) is 5.75 Å². The molecule has 0 bridgehead atoms. The van der Waals surface area contributed by atoms with E-state index in [9.17, 15) is 14.7 Å². The molecule has 11 nitrogen and oxygen atoms in total. The number of aromatic nitrogens is 3. The average Bonchev–Trinajstić information content (AvgIpc) is 3.78. The summed E-state index contributed by atoms with van der Waals surface area (Å²) in [7, 11) is -1.80. The third kappa shape index (κ3) is 6.37. The van der Waals surface area contributed by atoms with Gasteiger partial charge < -0.3 is 33.8 Å². The van der Waals surface area contributed by atoms with Crippen molar-refractivity contribution in [3.05, 3.63) is 101 Å². The number of carbonyl (C=O) groups is 2. The van der Waals surface area contributed by atoms with Gasteiger partial charge in [-0.15, -0.1) is 5.10 Å². The molecule has 4 heterocycles. The topological polar surface area (TPSA) is 122 Å². The van der Waals surface area contributed by atoms with Crippen LogP contribution in [0.5, 0.6) is 5.75 Å². The van der Waals surface area contributed by atoms with Gasteiger partial charge in [0.25, 0.3) is 5.91 Å². The minimum absolute atomic E-state index is 0.0233. The first-order valence-electron chi connectivity index (χ1n) is 17.6. The van der Waals surface area contributed by atoms with Gasteiger partial charge in [0.05, 0.1) is 50.2 Å². The van der Waals surface area contributed by atoms with E-state index in [0.717, 1.165) is 23.4 Å². The van der Waals surface area contributed by atoms with Gasteiger partial charge in [0.15, 0.2) is 5.60 Å². The zero-order valence-electron chi connectivity index (χ0n) is 29.5. The Labute approximate surface area is 298 Å². The standard InChI is InChI=1S/C38H45FN6O5Si/c1-25-36(51(3,4)39)34(16-18-43-23-32(41-42-43)30(24-46)27-8-6-5-7-9-27)50-38(25)31-20-29(49-2)14-15-33(31)45(37(38)48)22-26-10-12-28(13-11-26)44-19-17-40-21-35(44)47/h5-15,20,23,25,30,34,36,40,46H,16-19,21-22,24H2,1-4H3/t25-,30?,34+,36-,38+/m1/s1. The molecular formula is C38H45FN6O5Si. The van der Waals surface area contributed by atoms with Gasteiger partial charge in [0, 0.05) is 48.5 Å². The molecule has 1 unspecified atom stereocenters. The van der Waals surface area contributed by atoms with E-state index in [0.29, 0.717) is 48.7 Å². The Hall–Kier alpha value is -4.43. The number of hydrogen-bond donors (Lipinski definition) is 2. The Balaban J connectivity index is 1.16. The van der Waals surface area contributed by atoms with Gasteiger partial charge in [-0.05, 0) is 61.0 Å². The van der Waals surface area contributed by atoms with Crippen LogP contribution in [0.15, 0.2) is 79.0 Å². The molecule has 2 fully saturated rings. The normalized spacial score (nSPS) is 24.0. The van der Waals surface area contributed by atoms with E-state index in [1.807, 2.05) is 85.9 Å². The van der Waals surface area contributed by atoms with Gasteiger partial charge in [0.2, 0.25) is 14.3 Å². The van der Waals surface area contributed by atoms with Crippen molar-refractivity contribution in [2.75, 3.05) is 43.2 Å². The van der Waals surface area contributed by atoms with E-state index in [1.54, 1.807) is 34.7 Å². The number of aliphatic hydroxyl groups excluding tert-OH is 1.